The van der Waals surface area contributed by atoms with Crippen molar-refractivity contribution in [3.8, 4) is 0 Å². The Morgan fingerprint density at radius 3 is 2.58 bits per heavy atom. The Morgan fingerprint density at radius 2 is 1.97 bits per heavy atom. The summed E-state index contributed by atoms with van der Waals surface area (Å²) < 4.78 is 14.9. The van der Waals surface area contributed by atoms with Gasteiger partial charge in [-0.05, 0) is 75.9 Å². The molecule has 1 atom stereocenters. The summed E-state index contributed by atoms with van der Waals surface area (Å²) in [7, 11) is 2.71. The lowest BCUT2D eigenvalue weighted by atomic mass is 9.93. The molecule has 31 heavy (non-hydrogen) atoms. The van der Waals surface area contributed by atoms with E-state index in [1.807, 2.05) is 86.2 Å². The van der Waals surface area contributed by atoms with E-state index >= 15 is 0 Å². The van der Waals surface area contributed by atoms with Crippen LogP contribution in [0.15, 0.2) is 53.6 Å². The summed E-state index contributed by atoms with van der Waals surface area (Å²) in [5.74, 6) is -0.0609. The SMILES string of the molecule is C/C=c1/cc(C(=O)NC2CCC2)[nH]/c1=C/C=C/N(CCN(C)C)S(=O)c1ccccc1. The lowest BCUT2D eigenvalue weighted by Crippen LogP contribution is -2.39. The van der Waals surface area contributed by atoms with Gasteiger partial charge in [-0.3, -0.25) is 9.10 Å². The number of aromatic nitrogens is 1. The number of hydrogen-bond acceptors (Lipinski definition) is 3. The number of hydrogen-bond donors (Lipinski definition) is 2. The molecule has 1 aliphatic rings. The quantitative estimate of drug-likeness (QED) is 0.627. The largest absolute Gasteiger partial charge is 0.351 e. The Balaban J connectivity index is 1.79. The van der Waals surface area contributed by atoms with Crippen LogP contribution in [0.5, 0.6) is 0 Å². The molecule has 3 rings (SSSR count). The number of aromatic amines is 1. The molecule has 1 unspecified atom stereocenters. The van der Waals surface area contributed by atoms with Crippen molar-refractivity contribution in [1.82, 2.24) is 19.5 Å². The van der Waals surface area contributed by atoms with E-state index in [-0.39, 0.29) is 5.91 Å². The highest BCUT2D eigenvalue weighted by Gasteiger charge is 2.20. The van der Waals surface area contributed by atoms with Gasteiger partial charge in [0, 0.05) is 30.7 Å². The van der Waals surface area contributed by atoms with E-state index in [9.17, 15) is 9.00 Å². The minimum atomic E-state index is -1.29. The Bertz CT molecular complexity index is 1040. The van der Waals surface area contributed by atoms with E-state index in [1.54, 1.807) is 0 Å². The zero-order valence-corrected chi connectivity index (χ0v) is 19.3. The summed E-state index contributed by atoms with van der Waals surface area (Å²) in [6.45, 7) is 3.36. The Kier molecular flexibility index (Phi) is 8.26. The Morgan fingerprint density at radius 1 is 1.23 bits per heavy atom. The molecule has 7 heteroatoms. The molecule has 1 fully saturated rings. The fourth-order valence-corrected chi connectivity index (χ4v) is 4.31. The number of benzene rings is 1. The summed E-state index contributed by atoms with van der Waals surface area (Å²) in [6.07, 6.45) is 10.9. The highest BCUT2D eigenvalue weighted by molar-refractivity contribution is 7.82. The molecule has 1 aliphatic carbocycles. The van der Waals surface area contributed by atoms with E-state index in [0.29, 0.717) is 18.3 Å². The molecule has 2 N–H and O–H groups in total. The number of allylic oxidation sites excluding steroid dienone is 1. The molecule has 0 saturated heterocycles. The van der Waals surface area contributed by atoms with Crippen molar-refractivity contribution in [3.05, 3.63) is 64.9 Å². The second kappa shape index (κ2) is 11.1. The summed E-state index contributed by atoms with van der Waals surface area (Å²) in [5, 5.41) is 4.89. The number of likely N-dealkylation sites (N-methyl/N-ethyl adjacent to an activating group) is 1. The molecule has 0 radical (unpaired) electrons. The second-order valence-corrected chi connectivity index (χ2v) is 9.40. The van der Waals surface area contributed by atoms with Crippen LogP contribution in [-0.4, -0.2) is 57.5 Å². The molecule has 0 aliphatic heterocycles. The van der Waals surface area contributed by atoms with Gasteiger partial charge in [-0.15, -0.1) is 0 Å². The third kappa shape index (κ3) is 6.42. The maximum Gasteiger partial charge on any atom is 0.267 e. The van der Waals surface area contributed by atoms with E-state index in [1.165, 1.54) is 6.42 Å². The molecule has 1 saturated carbocycles. The fourth-order valence-electron chi connectivity index (χ4n) is 3.22. The first-order valence-electron chi connectivity index (χ1n) is 10.7. The van der Waals surface area contributed by atoms with E-state index < -0.39 is 11.0 Å². The summed E-state index contributed by atoms with van der Waals surface area (Å²) in [5.41, 5.74) is 0.567. The Labute approximate surface area is 186 Å². The van der Waals surface area contributed by atoms with Gasteiger partial charge in [0.1, 0.15) is 5.69 Å². The Hall–Kier alpha value is -2.64. The van der Waals surface area contributed by atoms with Gasteiger partial charge in [-0.1, -0.05) is 24.3 Å². The van der Waals surface area contributed by atoms with Crippen molar-refractivity contribution < 1.29 is 9.00 Å². The van der Waals surface area contributed by atoms with E-state index in [0.717, 1.165) is 34.8 Å². The predicted octanol–water partition coefficient (Wildman–Crippen LogP) is 1.98. The summed E-state index contributed by atoms with van der Waals surface area (Å²) >= 11 is 0. The first-order valence-corrected chi connectivity index (χ1v) is 11.8. The van der Waals surface area contributed by atoms with Crippen LogP contribution in [0, 0.1) is 0 Å². The number of amides is 1. The van der Waals surface area contributed by atoms with Crippen LogP contribution in [0.25, 0.3) is 12.2 Å². The van der Waals surface area contributed by atoms with Crippen LogP contribution >= 0.6 is 0 Å². The molecule has 6 nitrogen and oxygen atoms in total. The molecule has 166 valence electrons. The number of nitrogens with one attached hydrogen (secondary N) is 2. The molecule has 0 bridgehead atoms. The van der Waals surface area contributed by atoms with Crippen LogP contribution < -0.4 is 15.9 Å². The smallest absolute Gasteiger partial charge is 0.267 e. The molecule has 1 heterocycles. The van der Waals surface area contributed by atoms with Crippen LogP contribution in [0.2, 0.25) is 0 Å². The van der Waals surface area contributed by atoms with Gasteiger partial charge in [0.05, 0.1) is 4.90 Å². The molecule has 1 amide bonds. The van der Waals surface area contributed by atoms with Gasteiger partial charge in [0.2, 0.25) is 0 Å². The van der Waals surface area contributed by atoms with Crippen molar-refractivity contribution in [1.29, 1.82) is 0 Å². The number of H-pyrrole nitrogens is 1. The third-order valence-corrected chi connectivity index (χ3v) is 6.72. The topological polar surface area (TPSA) is 68.4 Å². The van der Waals surface area contributed by atoms with Crippen molar-refractivity contribution in [2.45, 2.75) is 37.1 Å². The van der Waals surface area contributed by atoms with Crippen molar-refractivity contribution in [2.24, 2.45) is 0 Å². The van der Waals surface area contributed by atoms with Crippen LogP contribution in [0.4, 0.5) is 0 Å². The van der Waals surface area contributed by atoms with Crippen LogP contribution in [-0.2, 0) is 11.0 Å². The zero-order chi connectivity index (χ0) is 22.2. The lowest BCUT2D eigenvalue weighted by molar-refractivity contribution is 0.0912. The zero-order valence-electron chi connectivity index (χ0n) is 18.5. The molecule has 0 spiro atoms. The minimum absolute atomic E-state index is 0.0609. The van der Waals surface area contributed by atoms with Crippen molar-refractivity contribution >= 4 is 29.0 Å². The monoisotopic (exact) mass is 440 g/mol. The van der Waals surface area contributed by atoms with Crippen molar-refractivity contribution in [3.63, 3.8) is 0 Å². The van der Waals surface area contributed by atoms with Gasteiger partial charge >= 0.3 is 0 Å². The molecule has 2 aromatic rings. The lowest BCUT2D eigenvalue weighted by Gasteiger charge is -2.25. The van der Waals surface area contributed by atoms with Gasteiger partial charge in [0.15, 0.2) is 11.0 Å². The first-order chi connectivity index (χ1) is 15.0. The highest BCUT2D eigenvalue weighted by Crippen LogP contribution is 2.18. The number of carbonyl (C=O) groups is 1. The predicted molar refractivity (Wildman–Crippen MR) is 127 cm³/mol. The van der Waals surface area contributed by atoms with Gasteiger partial charge in [-0.2, -0.15) is 0 Å². The average molecular weight is 441 g/mol. The summed E-state index contributed by atoms with van der Waals surface area (Å²) in [4.78, 5) is 18.5. The number of carbonyl (C=O) groups excluding carboxylic acids is 1. The normalized spacial score (nSPS) is 16.6. The molecule has 1 aromatic heterocycles. The summed E-state index contributed by atoms with van der Waals surface area (Å²) in [6, 6.07) is 11.6. The maximum absolute atomic E-state index is 13.0. The van der Waals surface area contributed by atoms with E-state index in [4.69, 9.17) is 0 Å². The number of rotatable bonds is 9. The maximum atomic E-state index is 13.0. The highest BCUT2D eigenvalue weighted by atomic mass is 32.2. The second-order valence-electron chi connectivity index (χ2n) is 7.96. The number of nitrogens with zero attached hydrogens (tertiary/aromatic N) is 2. The van der Waals surface area contributed by atoms with E-state index in [2.05, 4.69) is 15.2 Å². The van der Waals surface area contributed by atoms with Gasteiger partial charge in [0.25, 0.3) is 5.91 Å². The minimum Gasteiger partial charge on any atom is -0.351 e. The molecule has 1 aromatic carbocycles. The fraction of sp³-hybridized carbons (Fsp3) is 0.375. The van der Waals surface area contributed by atoms with Gasteiger partial charge in [-0.25, -0.2) is 4.21 Å². The van der Waals surface area contributed by atoms with Gasteiger partial charge < -0.3 is 15.2 Å². The molecular weight excluding hydrogens is 408 g/mol. The molecular formula is C24H32N4O2S. The van der Waals surface area contributed by atoms with Crippen LogP contribution in [0.3, 0.4) is 0 Å². The van der Waals surface area contributed by atoms with Crippen molar-refractivity contribution in [2.75, 3.05) is 27.2 Å². The standard InChI is InChI=1S/C24H32N4O2S/c1-4-19-18-23(24(29)25-20-10-8-11-20)26-22(19)14-9-15-28(17-16-27(2)3)31(30)21-12-6-5-7-13-21/h4-7,9,12-15,18,20,26H,8,10-11,16-17H2,1-3H3,(H,25,29)/b15-9+,19-4-,22-14+. The first kappa shape index (κ1) is 23.0. The third-order valence-electron chi connectivity index (χ3n) is 5.32. The average Bonchev–Trinajstić information content (AvgIpc) is 3.16. The van der Waals surface area contributed by atoms with Crippen LogP contribution in [0.1, 0.15) is 36.7 Å².